The minimum atomic E-state index is -2.80. The van der Waals surface area contributed by atoms with Crippen molar-refractivity contribution in [2.24, 2.45) is 0 Å². The van der Waals surface area contributed by atoms with E-state index < -0.39 is 12.0 Å². The van der Waals surface area contributed by atoms with Gasteiger partial charge in [0, 0.05) is 37.7 Å². The van der Waals surface area contributed by atoms with Crippen molar-refractivity contribution in [3.63, 3.8) is 0 Å². The third-order valence-corrected chi connectivity index (χ3v) is 5.55. The smallest absolute Gasteiger partial charge is 0.268 e. The molecule has 0 aromatic carbocycles. The highest BCUT2D eigenvalue weighted by Crippen LogP contribution is 2.42. The summed E-state index contributed by atoms with van der Waals surface area (Å²) >= 11 is 3.38. The van der Waals surface area contributed by atoms with Gasteiger partial charge in [-0.25, -0.2) is 18.7 Å². The predicted octanol–water partition coefficient (Wildman–Crippen LogP) is 2.58. The lowest BCUT2D eigenvalue weighted by Crippen LogP contribution is -2.58. The van der Waals surface area contributed by atoms with E-state index in [-0.39, 0.29) is 37.6 Å². The first-order valence-corrected chi connectivity index (χ1v) is 8.63. The molecule has 2 aliphatic heterocycles. The van der Waals surface area contributed by atoms with E-state index in [0.717, 1.165) is 0 Å². The van der Waals surface area contributed by atoms with Gasteiger partial charge >= 0.3 is 0 Å². The minimum Gasteiger partial charge on any atom is -0.382 e. The summed E-state index contributed by atoms with van der Waals surface area (Å²) < 4.78 is 30.6. The number of carbonyl (C=O) groups is 1. The van der Waals surface area contributed by atoms with Gasteiger partial charge in [-0.15, -0.1) is 0 Å². The summed E-state index contributed by atoms with van der Waals surface area (Å²) in [6.45, 7) is 0.257. The second-order valence-electron chi connectivity index (χ2n) is 6.39. The molecule has 0 saturated carbocycles. The molecular formula is C15H16BrF2N5O. The van der Waals surface area contributed by atoms with Crippen LogP contribution in [-0.4, -0.2) is 43.7 Å². The standard InChI is InChI=1S/C15H16BrF2N5O/c16-12-11-13(19)20-5-6-22(11)14(21-12)8-1-2-9-15(17,18)4-3-10(24)23(9)7-8/h5-6,8-9H,1-4,7H2,(H2,19,20)/t8-,9+/m1/s1. The number of piperidine rings is 2. The summed E-state index contributed by atoms with van der Waals surface area (Å²) in [5.74, 6) is -2.05. The van der Waals surface area contributed by atoms with Crippen LogP contribution in [0.1, 0.15) is 37.4 Å². The Labute approximate surface area is 145 Å². The number of anilines is 1. The number of nitrogens with zero attached hydrogens (tertiary/aromatic N) is 4. The number of hydrogen-bond acceptors (Lipinski definition) is 4. The van der Waals surface area contributed by atoms with E-state index in [0.29, 0.717) is 28.2 Å². The molecule has 2 aromatic heterocycles. The molecule has 24 heavy (non-hydrogen) atoms. The second-order valence-corrected chi connectivity index (χ2v) is 7.14. The maximum atomic E-state index is 14.1. The normalized spacial score (nSPS) is 26.6. The van der Waals surface area contributed by atoms with Crippen LogP contribution in [0.5, 0.6) is 0 Å². The van der Waals surface area contributed by atoms with Crippen molar-refractivity contribution in [3.05, 3.63) is 22.8 Å². The van der Waals surface area contributed by atoms with E-state index in [4.69, 9.17) is 5.73 Å². The van der Waals surface area contributed by atoms with E-state index in [1.54, 1.807) is 12.4 Å². The van der Waals surface area contributed by atoms with Crippen molar-refractivity contribution in [2.45, 2.75) is 43.6 Å². The topological polar surface area (TPSA) is 76.5 Å². The molecule has 0 bridgehead atoms. The van der Waals surface area contributed by atoms with Crippen LogP contribution in [0.15, 0.2) is 17.0 Å². The number of halogens is 3. The molecule has 2 N–H and O–H groups in total. The van der Waals surface area contributed by atoms with Crippen molar-refractivity contribution in [1.82, 2.24) is 19.3 Å². The summed E-state index contributed by atoms with van der Waals surface area (Å²) in [5, 5.41) is 0. The average Bonchev–Trinajstić information content (AvgIpc) is 2.89. The summed E-state index contributed by atoms with van der Waals surface area (Å²) in [6, 6.07) is -0.989. The Bertz CT molecular complexity index is 824. The molecule has 0 aliphatic carbocycles. The van der Waals surface area contributed by atoms with Gasteiger partial charge in [0.1, 0.15) is 15.9 Å². The molecule has 0 radical (unpaired) electrons. The van der Waals surface area contributed by atoms with E-state index in [1.807, 2.05) is 4.40 Å². The third-order valence-electron chi connectivity index (χ3n) is 4.99. The van der Waals surface area contributed by atoms with Gasteiger partial charge in [-0.1, -0.05) is 0 Å². The molecule has 2 atom stereocenters. The van der Waals surface area contributed by atoms with Gasteiger partial charge in [0.05, 0.1) is 6.04 Å². The largest absolute Gasteiger partial charge is 0.382 e. The van der Waals surface area contributed by atoms with Crippen molar-refractivity contribution >= 4 is 33.2 Å². The van der Waals surface area contributed by atoms with Crippen LogP contribution >= 0.6 is 15.9 Å². The molecule has 0 spiro atoms. The van der Waals surface area contributed by atoms with Crippen molar-refractivity contribution in [3.8, 4) is 0 Å². The summed E-state index contributed by atoms with van der Waals surface area (Å²) in [6.07, 6.45) is 3.70. The average molecular weight is 400 g/mol. The molecular weight excluding hydrogens is 384 g/mol. The first-order chi connectivity index (χ1) is 11.4. The van der Waals surface area contributed by atoms with Crippen LogP contribution in [-0.2, 0) is 4.79 Å². The first-order valence-electron chi connectivity index (χ1n) is 7.83. The van der Waals surface area contributed by atoms with Crippen LogP contribution in [0.4, 0.5) is 14.6 Å². The molecule has 4 rings (SSSR count). The number of carbonyl (C=O) groups excluding carboxylic acids is 1. The number of alkyl halides is 2. The van der Waals surface area contributed by atoms with Gasteiger partial charge in [0.2, 0.25) is 5.91 Å². The second kappa shape index (κ2) is 5.37. The molecule has 2 aromatic rings. The molecule has 2 aliphatic rings. The number of nitrogen functional groups attached to an aromatic ring is 1. The van der Waals surface area contributed by atoms with Gasteiger partial charge < -0.3 is 10.6 Å². The van der Waals surface area contributed by atoms with Gasteiger partial charge in [0.25, 0.3) is 5.92 Å². The van der Waals surface area contributed by atoms with Crippen molar-refractivity contribution < 1.29 is 13.6 Å². The predicted molar refractivity (Wildman–Crippen MR) is 86.8 cm³/mol. The zero-order valence-corrected chi connectivity index (χ0v) is 14.3. The Morgan fingerprint density at radius 1 is 1.38 bits per heavy atom. The lowest BCUT2D eigenvalue weighted by Gasteiger charge is -2.45. The fourth-order valence-electron chi connectivity index (χ4n) is 3.81. The fourth-order valence-corrected chi connectivity index (χ4v) is 4.39. The van der Waals surface area contributed by atoms with Gasteiger partial charge in [-0.2, -0.15) is 0 Å². The highest BCUT2D eigenvalue weighted by molar-refractivity contribution is 9.10. The molecule has 0 unspecified atom stereocenters. The zero-order valence-electron chi connectivity index (χ0n) is 12.8. The number of rotatable bonds is 1. The van der Waals surface area contributed by atoms with E-state index in [2.05, 4.69) is 25.9 Å². The molecule has 128 valence electrons. The molecule has 2 fully saturated rings. The van der Waals surface area contributed by atoms with Crippen LogP contribution in [0, 0.1) is 0 Å². The van der Waals surface area contributed by atoms with Gasteiger partial charge in [-0.3, -0.25) is 9.20 Å². The van der Waals surface area contributed by atoms with E-state index in [9.17, 15) is 13.6 Å². The number of hydrogen-bond donors (Lipinski definition) is 1. The number of nitrogens with two attached hydrogens (primary N) is 1. The molecule has 2 saturated heterocycles. The Kier molecular flexibility index (Phi) is 3.52. The highest BCUT2D eigenvalue weighted by atomic mass is 79.9. The van der Waals surface area contributed by atoms with Crippen LogP contribution in [0.2, 0.25) is 0 Å². The highest BCUT2D eigenvalue weighted by Gasteiger charge is 2.51. The summed E-state index contributed by atoms with van der Waals surface area (Å²) in [7, 11) is 0. The quantitative estimate of drug-likeness (QED) is 0.799. The number of fused-ring (bicyclic) bond motifs is 2. The Balaban J connectivity index is 1.70. The monoisotopic (exact) mass is 399 g/mol. The number of aromatic nitrogens is 3. The molecule has 9 heteroatoms. The van der Waals surface area contributed by atoms with Crippen LogP contribution < -0.4 is 5.73 Å². The van der Waals surface area contributed by atoms with Gasteiger partial charge in [0.15, 0.2) is 5.82 Å². The first kappa shape index (κ1) is 15.7. The third kappa shape index (κ3) is 2.28. The summed E-state index contributed by atoms with van der Waals surface area (Å²) in [5.41, 5.74) is 6.56. The lowest BCUT2D eigenvalue weighted by molar-refractivity contribution is -0.166. The molecule has 4 heterocycles. The maximum absolute atomic E-state index is 14.1. The number of imidazole rings is 1. The molecule has 6 nitrogen and oxygen atoms in total. The van der Waals surface area contributed by atoms with E-state index >= 15 is 0 Å². The lowest BCUT2D eigenvalue weighted by atomic mass is 9.84. The minimum absolute atomic E-state index is 0.0981. The van der Waals surface area contributed by atoms with Crippen molar-refractivity contribution in [2.75, 3.05) is 12.3 Å². The SMILES string of the molecule is Nc1nccn2c([C@@H]3CC[C@@H]4N(C3)C(=O)CCC4(F)F)nc(Br)c12. The van der Waals surface area contributed by atoms with Crippen LogP contribution in [0.3, 0.4) is 0 Å². The zero-order chi connectivity index (χ0) is 17.1. The number of amides is 1. The Morgan fingerprint density at radius 3 is 2.96 bits per heavy atom. The maximum Gasteiger partial charge on any atom is 0.268 e. The van der Waals surface area contributed by atoms with Crippen LogP contribution in [0.25, 0.3) is 5.52 Å². The Hall–Kier alpha value is -1.77. The molecule has 1 amide bonds. The Morgan fingerprint density at radius 2 is 2.17 bits per heavy atom. The van der Waals surface area contributed by atoms with Crippen molar-refractivity contribution in [1.29, 1.82) is 0 Å². The summed E-state index contributed by atoms with van der Waals surface area (Å²) in [4.78, 5) is 22.0. The van der Waals surface area contributed by atoms with E-state index in [1.165, 1.54) is 4.90 Å². The van der Waals surface area contributed by atoms with Gasteiger partial charge in [-0.05, 0) is 28.8 Å². The fraction of sp³-hybridized carbons (Fsp3) is 0.533.